The minimum atomic E-state index is 0.0114. The first kappa shape index (κ1) is 19.2. The standard InChI is InChI=1S/C23H21ClN4O/c24-20-8-4-5-18(17-20)9-10-22(29)28-15-13-27(14-16-28)21-11-12-25-23(26-21)19-6-2-1-3-7-19/h1-12,17H,13-16H2/b10-9+. The highest BCUT2D eigenvalue weighted by Crippen LogP contribution is 2.19. The summed E-state index contributed by atoms with van der Waals surface area (Å²) in [5.74, 6) is 1.61. The zero-order valence-corrected chi connectivity index (χ0v) is 16.7. The highest BCUT2D eigenvalue weighted by Gasteiger charge is 2.21. The number of piperazine rings is 1. The van der Waals surface area contributed by atoms with Crippen LogP contribution in [0.4, 0.5) is 5.82 Å². The van der Waals surface area contributed by atoms with Crippen molar-refractivity contribution in [2.75, 3.05) is 31.1 Å². The van der Waals surface area contributed by atoms with Gasteiger partial charge in [-0.05, 0) is 29.8 Å². The van der Waals surface area contributed by atoms with Crippen molar-refractivity contribution in [2.24, 2.45) is 0 Å². The van der Waals surface area contributed by atoms with Gasteiger partial charge in [-0.15, -0.1) is 0 Å². The largest absolute Gasteiger partial charge is 0.353 e. The van der Waals surface area contributed by atoms with Gasteiger partial charge in [0, 0.05) is 49.0 Å². The third-order valence-corrected chi connectivity index (χ3v) is 5.09. The van der Waals surface area contributed by atoms with E-state index in [1.807, 2.05) is 65.6 Å². The third kappa shape index (κ3) is 4.81. The molecule has 146 valence electrons. The van der Waals surface area contributed by atoms with E-state index in [9.17, 15) is 4.79 Å². The van der Waals surface area contributed by atoms with Crippen molar-refractivity contribution in [3.63, 3.8) is 0 Å². The summed E-state index contributed by atoms with van der Waals surface area (Å²) in [4.78, 5) is 25.6. The molecule has 1 aromatic heterocycles. The van der Waals surface area contributed by atoms with E-state index in [4.69, 9.17) is 16.6 Å². The molecular formula is C23H21ClN4O. The molecule has 0 radical (unpaired) electrons. The Morgan fingerprint density at radius 2 is 1.76 bits per heavy atom. The number of benzene rings is 2. The van der Waals surface area contributed by atoms with Gasteiger partial charge in [-0.3, -0.25) is 4.79 Å². The van der Waals surface area contributed by atoms with Gasteiger partial charge < -0.3 is 9.80 Å². The molecule has 4 rings (SSSR count). The van der Waals surface area contributed by atoms with E-state index in [-0.39, 0.29) is 5.91 Å². The van der Waals surface area contributed by atoms with Crippen LogP contribution >= 0.6 is 11.6 Å². The molecule has 0 atom stereocenters. The molecule has 1 saturated heterocycles. The quantitative estimate of drug-likeness (QED) is 0.613. The Bertz CT molecular complexity index is 1010. The molecule has 0 N–H and O–H groups in total. The first-order valence-electron chi connectivity index (χ1n) is 9.55. The molecule has 29 heavy (non-hydrogen) atoms. The van der Waals surface area contributed by atoms with Gasteiger partial charge in [0.15, 0.2) is 5.82 Å². The van der Waals surface area contributed by atoms with Gasteiger partial charge in [0.05, 0.1) is 0 Å². The Balaban J connectivity index is 1.37. The van der Waals surface area contributed by atoms with E-state index in [0.717, 1.165) is 30.0 Å². The summed E-state index contributed by atoms with van der Waals surface area (Å²) in [6, 6.07) is 19.3. The van der Waals surface area contributed by atoms with Crippen LogP contribution in [0.25, 0.3) is 17.5 Å². The lowest BCUT2D eigenvalue weighted by molar-refractivity contribution is -0.126. The molecule has 1 amide bonds. The molecule has 1 aliphatic heterocycles. The Morgan fingerprint density at radius 3 is 2.52 bits per heavy atom. The maximum Gasteiger partial charge on any atom is 0.246 e. The molecule has 2 heterocycles. The molecule has 0 bridgehead atoms. The van der Waals surface area contributed by atoms with E-state index in [2.05, 4.69) is 9.88 Å². The lowest BCUT2D eigenvalue weighted by Crippen LogP contribution is -2.48. The van der Waals surface area contributed by atoms with Crippen molar-refractivity contribution < 1.29 is 4.79 Å². The second-order valence-corrected chi connectivity index (χ2v) is 7.24. The summed E-state index contributed by atoms with van der Waals surface area (Å²) in [7, 11) is 0. The fraction of sp³-hybridized carbons (Fsp3) is 0.174. The van der Waals surface area contributed by atoms with Crippen LogP contribution in [0.1, 0.15) is 5.56 Å². The maximum atomic E-state index is 12.5. The van der Waals surface area contributed by atoms with E-state index in [1.54, 1.807) is 18.3 Å². The molecule has 5 nitrogen and oxygen atoms in total. The predicted octanol–water partition coefficient (Wildman–Crippen LogP) is 4.16. The Morgan fingerprint density at radius 1 is 0.966 bits per heavy atom. The monoisotopic (exact) mass is 404 g/mol. The molecule has 2 aromatic carbocycles. The van der Waals surface area contributed by atoms with E-state index in [0.29, 0.717) is 23.9 Å². The van der Waals surface area contributed by atoms with Crippen LogP contribution in [0.2, 0.25) is 5.02 Å². The number of hydrogen-bond donors (Lipinski definition) is 0. The van der Waals surface area contributed by atoms with Crippen LogP contribution < -0.4 is 4.90 Å². The Kier molecular flexibility index (Phi) is 5.86. The molecule has 0 unspecified atom stereocenters. The lowest BCUT2D eigenvalue weighted by atomic mass is 10.2. The van der Waals surface area contributed by atoms with Crippen molar-refractivity contribution in [3.05, 3.63) is 83.5 Å². The van der Waals surface area contributed by atoms with Crippen LogP contribution in [0.15, 0.2) is 72.9 Å². The molecule has 0 saturated carbocycles. The van der Waals surface area contributed by atoms with Crippen LogP contribution in [0.3, 0.4) is 0 Å². The SMILES string of the molecule is O=C(/C=C/c1cccc(Cl)c1)N1CCN(c2ccnc(-c3ccccc3)n2)CC1. The topological polar surface area (TPSA) is 49.3 Å². The number of carbonyl (C=O) groups excluding carboxylic acids is 1. The minimum Gasteiger partial charge on any atom is -0.353 e. The summed E-state index contributed by atoms with van der Waals surface area (Å²) in [6.45, 7) is 2.79. The molecule has 3 aromatic rings. The summed E-state index contributed by atoms with van der Waals surface area (Å²) in [6.07, 6.45) is 5.20. The number of anilines is 1. The maximum absolute atomic E-state index is 12.5. The van der Waals surface area contributed by atoms with Crippen molar-refractivity contribution in [2.45, 2.75) is 0 Å². The first-order valence-corrected chi connectivity index (χ1v) is 9.93. The zero-order chi connectivity index (χ0) is 20.1. The van der Waals surface area contributed by atoms with Crippen molar-refractivity contribution >= 4 is 29.4 Å². The number of amides is 1. The molecule has 0 aliphatic carbocycles. The van der Waals surface area contributed by atoms with Gasteiger partial charge in [0.2, 0.25) is 5.91 Å². The summed E-state index contributed by atoms with van der Waals surface area (Å²) >= 11 is 5.99. The normalized spacial score (nSPS) is 14.4. The average Bonchev–Trinajstić information content (AvgIpc) is 2.78. The number of rotatable bonds is 4. The first-order chi connectivity index (χ1) is 14.2. The predicted molar refractivity (Wildman–Crippen MR) is 117 cm³/mol. The summed E-state index contributed by atoms with van der Waals surface area (Å²) < 4.78 is 0. The van der Waals surface area contributed by atoms with Crippen LogP contribution in [-0.4, -0.2) is 47.0 Å². The second kappa shape index (κ2) is 8.88. The highest BCUT2D eigenvalue weighted by molar-refractivity contribution is 6.30. The average molecular weight is 405 g/mol. The Labute approximate surface area is 175 Å². The second-order valence-electron chi connectivity index (χ2n) is 6.81. The third-order valence-electron chi connectivity index (χ3n) is 4.86. The van der Waals surface area contributed by atoms with Gasteiger partial charge >= 0.3 is 0 Å². The van der Waals surface area contributed by atoms with Crippen LogP contribution in [0, 0.1) is 0 Å². The fourth-order valence-corrected chi connectivity index (χ4v) is 3.49. The highest BCUT2D eigenvalue weighted by atomic mass is 35.5. The zero-order valence-electron chi connectivity index (χ0n) is 15.9. The van der Waals surface area contributed by atoms with Crippen molar-refractivity contribution in [3.8, 4) is 11.4 Å². The van der Waals surface area contributed by atoms with E-state index >= 15 is 0 Å². The molecule has 6 heteroatoms. The lowest BCUT2D eigenvalue weighted by Gasteiger charge is -2.35. The smallest absolute Gasteiger partial charge is 0.246 e. The van der Waals surface area contributed by atoms with Gasteiger partial charge in [-0.25, -0.2) is 9.97 Å². The van der Waals surface area contributed by atoms with Gasteiger partial charge in [0.1, 0.15) is 5.82 Å². The van der Waals surface area contributed by atoms with Crippen molar-refractivity contribution in [1.82, 2.24) is 14.9 Å². The minimum absolute atomic E-state index is 0.0114. The molecule has 1 aliphatic rings. The van der Waals surface area contributed by atoms with Crippen LogP contribution in [-0.2, 0) is 4.79 Å². The van der Waals surface area contributed by atoms with E-state index < -0.39 is 0 Å². The fourth-order valence-electron chi connectivity index (χ4n) is 3.29. The van der Waals surface area contributed by atoms with Crippen LogP contribution in [0.5, 0.6) is 0 Å². The molecule has 1 fully saturated rings. The summed E-state index contributed by atoms with van der Waals surface area (Å²) in [5.41, 5.74) is 1.91. The number of halogens is 1. The number of hydrogen-bond acceptors (Lipinski definition) is 4. The summed E-state index contributed by atoms with van der Waals surface area (Å²) in [5, 5.41) is 0.660. The van der Waals surface area contributed by atoms with Gasteiger partial charge in [-0.2, -0.15) is 0 Å². The van der Waals surface area contributed by atoms with Crippen molar-refractivity contribution in [1.29, 1.82) is 0 Å². The molecular weight excluding hydrogens is 384 g/mol. The van der Waals surface area contributed by atoms with Gasteiger partial charge in [0.25, 0.3) is 0 Å². The Hall–Kier alpha value is -3.18. The molecule has 0 spiro atoms. The number of nitrogens with zero attached hydrogens (tertiary/aromatic N) is 4. The van der Waals surface area contributed by atoms with E-state index in [1.165, 1.54) is 0 Å². The van der Waals surface area contributed by atoms with Gasteiger partial charge in [-0.1, -0.05) is 54.1 Å². The number of carbonyl (C=O) groups is 1. The number of aromatic nitrogens is 2.